The molecule has 2 aromatic rings. The van der Waals surface area contributed by atoms with Gasteiger partial charge in [-0.3, -0.25) is 0 Å². The molecule has 0 saturated heterocycles. The summed E-state index contributed by atoms with van der Waals surface area (Å²) in [6.07, 6.45) is 6.37. The molecule has 0 aliphatic rings. The molecule has 0 N–H and O–H groups in total. The van der Waals surface area contributed by atoms with E-state index in [0.717, 1.165) is 0 Å². The maximum Gasteiger partial charge on any atom is 0.170 e. The summed E-state index contributed by atoms with van der Waals surface area (Å²) in [6.45, 7) is 15.7. The van der Waals surface area contributed by atoms with E-state index in [1.807, 2.05) is 0 Å². The van der Waals surface area contributed by atoms with Gasteiger partial charge < -0.3 is 0 Å². The minimum absolute atomic E-state index is 0.0209. The zero-order chi connectivity index (χ0) is 23.1. The van der Waals surface area contributed by atoms with Gasteiger partial charge in [0.25, 0.3) is 0 Å². The first-order chi connectivity index (χ1) is 14.6. The van der Waals surface area contributed by atoms with Gasteiger partial charge in [-0.25, -0.2) is 27.5 Å². The molecule has 0 amide bonds. The molecule has 0 bridgehead atoms. The van der Waals surface area contributed by atoms with Crippen molar-refractivity contribution in [3.63, 3.8) is 0 Å². The number of rotatable bonds is 9. The monoisotopic (exact) mass is 426 g/mol. The molecule has 6 heteroatoms. The second-order valence-corrected chi connectivity index (χ2v) is 6.88. The molecule has 2 nitrogen and oxygen atoms in total. The second-order valence-electron chi connectivity index (χ2n) is 6.88. The van der Waals surface area contributed by atoms with Gasteiger partial charge in [-0.1, -0.05) is 50.1 Å². The number of hydrogen-bond donors (Lipinski definition) is 0. The molecule has 31 heavy (non-hydrogen) atoms. The summed E-state index contributed by atoms with van der Waals surface area (Å²) in [7, 11) is 0. The summed E-state index contributed by atoms with van der Waals surface area (Å²) in [6, 6.07) is 4.48. The Hall–Kier alpha value is -3.54. The topological polar surface area (TPSA) is 25.8 Å². The van der Waals surface area contributed by atoms with Gasteiger partial charge in [0.15, 0.2) is 29.1 Å². The van der Waals surface area contributed by atoms with Crippen LogP contribution >= 0.6 is 0 Å². The van der Waals surface area contributed by atoms with Crippen molar-refractivity contribution in [1.82, 2.24) is 9.97 Å². The highest BCUT2D eigenvalue weighted by Crippen LogP contribution is 2.27. The van der Waals surface area contributed by atoms with Gasteiger partial charge in [0.05, 0.1) is 5.56 Å². The van der Waals surface area contributed by atoms with Crippen LogP contribution in [0.5, 0.6) is 0 Å². The molecular formula is C25H22F4N2. The summed E-state index contributed by atoms with van der Waals surface area (Å²) in [5.74, 6) is -4.10. The highest BCUT2D eigenvalue weighted by molar-refractivity contribution is 5.56. The van der Waals surface area contributed by atoms with Gasteiger partial charge >= 0.3 is 0 Å². The second kappa shape index (κ2) is 10.5. The first kappa shape index (κ1) is 23.7. The van der Waals surface area contributed by atoms with Crippen molar-refractivity contribution in [2.45, 2.75) is 19.8 Å². The average molecular weight is 426 g/mol. The fourth-order valence-corrected chi connectivity index (χ4v) is 2.55. The zero-order valence-corrected chi connectivity index (χ0v) is 17.2. The Morgan fingerprint density at radius 1 is 0.935 bits per heavy atom. The Labute approximate surface area is 179 Å². The van der Waals surface area contributed by atoms with E-state index in [0.29, 0.717) is 12.0 Å². The van der Waals surface area contributed by atoms with Crippen LogP contribution in [0.3, 0.4) is 0 Å². The molecule has 1 heterocycles. The largest absolute Gasteiger partial charge is 0.236 e. The Balaban J connectivity index is 2.04. The fourth-order valence-electron chi connectivity index (χ4n) is 2.55. The molecule has 160 valence electrons. The zero-order valence-electron chi connectivity index (χ0n) is 17.2. The first-order valence-electron chi connectivity index (χ1n) is 9.33. The molecule has 0 fully saturated rings. The lowest BCUT2D eigenvalue weighted by Crippen LogP contribution is -1.99. The van der Waals surface area contributed by atoms with Crippen molar-refractivity contribution in [3.05, 3.63) is 120 Å². The number of hydrogen-bond acceptors (Lipinski definition) is 2. The summed E-state index contributed by atoms with van der Waals surface area (Å²) < 4.78 is 56.5. The van der Waals surface area contributed by atoms with Gasteiger partial charge in [0.1, 0.15) is 0 Å². The van der Waals surface area contributed by atoms with Crippen molar-refractivity contribution in [2.75, 3.05) is 0 Å². The summed E-state index contributed by atoms with van der Waals surface area (Å²) >= 11 is 0. The van der Waals surface area contributed by atoms with Crippen LogP contribution in [-0.2, 0) is 6.42 Å². The Morgan fingerprint density at radius 2 is 1.58 bits per heavy atom. The number of halogens is 4. The molecular weight excluding hydrogens is 404 g/mol. The van der Waals surface area contributed by atoms with E-state index in [1.165, 1.54) is 37.5 Å². The molecule has 1 aromatic heterocycles. The van der Waals surface area contributed by atoms with Crippen LogP contribution in [0, 0.1) is 11.6 Å². The van der Waals surface area contributed by atoms with E-state index in [2.05, 4.69) is 36.3 Å². The van der Waals surface area contributed by atoms with Crippen LogP contribution in [-0.4, -0.2) is 9.97 Å². The van der Waals surface area contributed by atoms with Crippen molar-refractivity contribution in [2.24, 2.45) is 0 Å². The lowest BCUT2D eigenvalue weighted by Gasteiger charge is -2.08. The summed E-state index contributed by atoms with van der Waals surface area (Å²) in [4.78, 5) is 7.86. The molecule has 0 saturated carbocycles. The Bertz CT molecular complexity index is 1100. The lowest BCUT2D eigenvalue weighted by atomic mass is 10.0. The fraction of sp³-hybridized carbons (Fsp3) is 0.120. The smallest absolute Gasteiger partial charge is 0.170 e. The van der Waals surface area contributed by atoms with Crippen molar-refractivity contribution in [3.8, 4) is 11.4 Å². The number of allylic oxidation sites excluding steroid dienone is 8. The van der Waals surface area contributed by atoms with Crippen LogP contribution in [0.15, 0.2) is 103 Å². The standard InChI is InChI=1S/C25H22F4N2/c1-15(2)21(26)22(27)18(5)17(4)9-7-16(3)8-10-19-11-12-20(24(29)23(19)28)25-30-13-6-14-31-25/h6-7,9,11-14H,1,3-5,8,10H2,2H3/b9-7-,22-21-. The van der Waals surface area contributed by atoms with E-state index in [-0.39, 0.29) is 40.1 Å². The maximum absolute atomic E-state index is 14.5. The number of aryl methyl sites for hydroxylation is 1. The van der Waals surface area contributed by atoms with E-state index in [9.17, 15) is 17.6 Å². The lowest BCUT2D eigenvalue weighted by molar-refractivity contribution is 0.500. The normalized spacial score (nSPS) is 11.9. The predicted molar refractivity (Wildman–Crippen MR) is 116 cm³/mol. The molecule has 0 aliphatic heterocycles. The van der Waals surface area contributed by atoms with Gasteiger partial charge in [0.2, 0.25) is 0 Å². The van der Waals surface area contributed by atoms with Gasteiger partial charge in [-0.2, -0.15) is 0 Å². The quantitative estimate of drug-likeness (QED) is 0.310. The van der Waals surface area contributed by atoms with Crippen LogP contribution in [0.4, 0.5) is 17.6 Å². The van der Waals surface area contributed by atoms with E-state index in [4.69, 9.17) is 0 Å². The molecule has 0 unspecified atom stereocenters. The van der Waals surface area contributed by atoms with E-state index >= 15 is 0 Å². The van der Waals surface area contributed by atoms with Crippen LogP contribution < -0.4 is 0 Å². The Kier molecular flexibility index (Phi) is 8.02. The van der Waals surface area contributed by atoms with Crippen molar-refractivity contribution >= 4 is 0 Å². The van der Waals surface area contributed by atoms with Crippen molar-refractivity contribution < 1.29 is 17.6 Å². The highest BCUT2D eigenvalue weighted by atomic mass is 19.2. The third-order valence-corrected chi connectivity index (χ3v) is 4.42. The van der Waals surface area contributed by atoms with E-state index in [1.54, 1.807) is 12.1 Å². The SMILES string of the molecule is C=C(/C=C\C(=C)C(=C)/C(F)=C(/F)C(=C)C)CCc1ccc(-c2ncccn2)c(F)c1F. The molecule has 2 rings (SSSR count). The molecule has 0 spiro atoms. The van der Waals surface area contributed by atoms with Crippen molar-refractivity contribution in [1.29, 1.82) is 0 Å². The van der Waals surface area contributed by atoms with Gasteiger partial charge in [0, 0.05) is 18.0 Å². The third kappa shape index (κ3) is 5.98. The van der Waals surface area contributed by atoms with Crippen LogP contribution in [0.1, 0.15) is 18.9 Å². The molecule has 1 aromatic carbocycles. The minimum Gasteiger partial charge on any atom is -0.236 e. The summed E-state index contributed by atoms with van der Waals surface area (Å²) in [5, 5.41) is 0. The number of nitrogens with zero attached hydrogens (tertiary/aromatic N) is 2. The Morgan fingerprint density at radius 3 is 2.19 bits per heavy atom. The van der Waals surface area contributed by atoms with Crippen LogP contribution in [0.25, 0.3) is 11.4 Å². The number of benzene rings is 1. The van der Waals surface area contributed by atoms with Gasteiger partial charge in [-0.05, 0) is 48.6 Å². The minimum atomic E-state index is -1.13. The van der Waals surface area contributed by atoms with E-state index < -0.39 is 23.3 Å². The average Bonchev–Trinajstić information content (AvgIpc) is 2.77. The molecule has 0 aliphatic carbocycles. The van der Waals surface area contributed by atoms with Crippen LogP contribution in [0.2, 0.25) is 0 Å². The maximum atomic E-state index is 14.5. The van der Waals surface area contributed by atoms with Gasteiger partial charge in [-0.15, -0.1) is 0 Å². The predicted octanol–water partition coefficient (Wildman–Crippen LogP) is 7.31. The molecule has 0 radical (unpaired) electrons. The number of aromatic nitrogens is 2. The summed E-state index contributed by atoms with van der Waals surface area (Å²) in [5.41, 5.74) is 0.601. The molecule has 0 atom stereocenters. The third-order valence-electron chi connectivity index (χ3n) is 4.42. The first-order valence-corrected chi connectivity index (χ1v) is 9.33. The highest BCUT2D eigenvalue weighted by Gasteiger charge is 2.16.